The van der Waals surface area contributed by atoms with Gasteiger partial charge in [-0.1, -0.05) is 0 Å². The first-order chi connectivity index (χ1) is 10.0. The minimum Gasteiger partial charge on any atom is -0.465 e. The van der Waals surface area contributed by atoms with Crippen molar-refractivity contribution in [1.82, 2.24) is 4.98 Å². The fourth-order valence-corrected chi connectivity index (χ4v) is 1.79. The Balaban J connectivity index is 2.16. The molecule has 1 amide bonds. The first-order valence-corrected chi connectivity index (χ1v) is 6.23. The van der Waals surface area contributed by atoms with Gasteiger partial charge in [-0.3, -0.25) is 9.78 Å². The van der Waals surface area contributed by atoms with Crippen molar-refractivity contribution in [2.75, 3.05) is 18.2 Å². The molecule has 0 saturated heterocycles. The monoisotopic (exact) mass is 285 g/mol. The molecule has 0 saturated carbocycles. The standard InChI is InChI=1S/C15H15N3O3/c1-9-13(7-11(16)8-17-9)14(19)18-12-5-3-10(4-6-12)15(20)21-2/h3-8H,16H2,1-2H3,(H,18,19). The average Bonchev–Trinajstić information content (AvgIpc) is 2.49. The van der Waals surface area contributed by atoms with Gasteiger partial charge in [-0.2, -0.15) is 0 Å². The lowest BCUT2D eigenvalue weighted by Gasteiger charge is -2.08. The van der Waals surface area contributed by atoms with Crippen LogP contribution in [0.1, 0.15) is 26.4 Å². The summed E-state index contributed by atoms with van der Waals surface area (Å²) in [5.74, 6) is -0.734. The number of nitrogens with two attached hydrogens (primary N) is 1. The number of pyridine rings is 1. The Morgan fingerprint density at radius 3 is 2.52 bits per heavy atom. The van der Waals surface area contributed by atoms with Gasteiger partial charge < -0.3 is 15.8 Å². The van der Waals surface area contributed by atoms with Crippen molar-refractivity contribution in [3.05, 3.63) is 53.3 Å². The summed E-state index contributed by atoms with van der Waals surface area (Å²) in [5, 5.41) is 2.72. The van der Waals surface area contributed by atoms with E-state index in [0.717, 1.165) is 0 Å². The summed E-state index contributed by atoms with van der Waals surface area (Å²) < 4.78 is 4.61. The number of nitrogens with zero attached hydrogens (tertiary/aromatic N) is 1. The van der Waals surface area contributed by atoms with Crippen molar-refractivity contribution in [3.63, 3.8) is 0 Å². The van der Waals surface area contributed by atoms with Crippen LogP contribution >= 0.6 is 0 Å². The van der Waals surface area contributed by atoms with Crippen molar-refractivity contribution >= 4 is 23.3 Å². The molecule has 0 aliphatic heterocycles. The van der Waals surface area contributed by atoms with Gasteiger partial charge in [0, 0.05) is 5.69 Å². The second kappa shape index (κ2) is 6.04. The second-order valence-corrected chi connectivity index (χ2v) is 4.42. The molecule has 0 spiro atoms. The van der Waals surface area contributed by atoms with Gasteiger partial charge in [0.15, 0.2) is 0 Å². The number of methoxy groups -OCH3 is 1. The molecular formula is C15H15N3O3. The molecule has 2 aromatic rings. The molecule has 3 N–H and O–H groups in total. The third-order valence-corrected chi connectivity index (χ3v) is 2.92. The fourth-order valence-electron chi connectivity index (χ4n) is 1.79. The zero-order valence-corrected chi connectivity index (χ0v) is 11.7. The van der Waals surface area contributed by atoms with Crippen LogP contribution in [-0.2, 0) is 4.74 Å². The van der Waals surface area contributed by atoms with Gasteiger partial charge in [0.1, 0.15) is 0 Å². The number of carbonyl (C=O) groups is 2. The molecule has 6 nitrogen and oxygen atoms in total. The Bertz CT molecular complexity index is 681. The number of carbonyl (C=O) groups excluding carboxylic acids is 2. The minimum atomic E-state index is -0.427. The predicted molar refractivity (Wildman–Crippen MR) is 79.1 cm³/mol. The van der Waals surface area contributed by atoms with E-state index in [2.05, 4.69) is 15.0 Å². The molecule has 0 bridgehead atoms. The van der Waals surface area contributed by atoms with Crippen LogP contribution in [0.5, 0.6) is 0 Å². The molecule has 0 unspecified atom stereocenters. The first kappa shape index (κ1) is 14.5. The highest BCUT2D eigenvalue weighted by Crippen LogP contribution is 2.14. The van der Waals surface area contributed by atoms with E-state index in [1.165, 1.54) is 13.3 Å². The minimum absolute atomic E-state index is 0.307. The molecule has 1 aromatic heterocycles. The Morgan fingerprint density at radius 2 is 1.90 bits per heavy atom. The van der Waals surface area contributed by atoms with Crippen molar-refractivity contribution in [2.45, 2.75) is 6.92 Å². The van der Waals surface area contributed by atoms with Gasteiger partial charge in [0.2, 0.25) is 0 Å². The molecule has 1 aromatic carbocycles. The number of nitrogen functional groups attached to an aromatic ring is 1. The first-order valence-electron chi connectivity index (χ1n) is 6.23. The number of benzene rings is 1. The van der Waals surface area contributed by atoms with Gasteiger partial charge in [0.05, 0.1) is 35.8 Å². The van der Waals surface area contributed by atoms with E-state index in [9.17, 15) is 9.59 Å². The summed E-state index contributed by atoms with van der Waals surface area (Å²) in [5.41, 5.74) is 8.03. The van der Waals surface area contributed by atoms with E-state index in [1.807, 2.05) is 0 Å². The lowest BCUT2D eigenvalue weighted by atomic mass is 10.1. The van der Waals surface area contributed by atoms with Gasteiger partial charge >= 0.3 is 5.97 Å². The van der Waals surface area contributed by atoms with Crippen LogP contribution < -0.4 is 11.1 Å². The summed E-state index contributed by atoms with van der Waals surface area (Å²) in [6.07, 6.45) is 1.50. The SMILES string of the molecule is COC(=O)c1ccc(NC(=O)c2cc(N)cnc2C)cc1. The van der Waals surface area contributed by atoms with Crippen LogP contribution in [0.2, 0.25) is 0 Å². The van der Waals surface area contributed by atoms with Gasteiger partial charge in [0.25, 0.3) is 5.91 Å². The number of rotatable bonds is 3. The largest absolute Gasteiger partial charge is 0.465 e. The number of aromatic nitrogens is 1. The summed E-state index contributed by atoms with van der Waals surface area (Å²) in [7, 11) is 1.31. The van der Waals surface area contributed by atoms with Crippen molar-refractivity contribution in [1.29, 1.82) is 0 Å². The van der Waals surface area contributed by atoms with E-state index in [-0.39, 0.29) is 5.91 Å². The second-order valence-electron chi connectivity index (χ2n) is 4.42. The quantitative estimate of drug-likeness (QED) is 0.841. The van der Waals surface area contributed by atoms with E-state index < -0.39 is 5.97 Å². The Morgan fingerprint density at radius 1 is 1.24 bits per heavy atom. The highest BCUT2D eigenvalue weighted by atomic mass is 16.5. The number of aryl methyl sites for hydroxylation is 1. The highest BCUT2D eigenvalue weighted by Gasteiger charge is 2.11. The molecule has 6 heteroatoms. The zero-order valence-electron chi connectivity index (χ0n) is 11.7. The van der Waals surface area contributed by atoms with Crippen LogP contribution in [0.25, 0.3) is 0 Å². The van der Waals surface area contributed by atoms with Gasteiger partial charge in [-0.15, -0.1) is 0 Å². The van der Waals surface area contributed by atoms with Crippen molar-refractivity contribution in [3.8, 4) is 0 Å². The molecule has 108 valence electrons. The Labute approximate surface area is 121 Å². The highest BCUT2D eigenvalue weighted by molar-refractivity contribution is 6.05. The van der Waals surface area contributed by atoms with Crippen molar-refractivity contribution < 1.29 is 14.3 Å². The van der Waals surface area contributed by atoms with E-state index in [0.29, 0.717) is 28.2 Å². The third kappa shape index (κ3) is 3.36. The molecule has 0 radical (unpaired) electrons. The molecule has 1 heterocycles. The topological polar surface area (TPSA) is 94.3 Å². The van der Waals surface area contributed by atoms with E-state index in [1.54, 1.807) is 37.3 Å². The number of anilines is 2. The lowest BCUT2D eigenvalue weighted by molar-refractivity contribution is 0.0600. The number of esters is 1. The van der Waals surface area contributed by atoms with Crippen LogP contribution in [0.15, 0.2) is 36.5 Å². The van der Waals surface area contributed by atoms with Crippen molar-refractivity contribution in [2.24, 2.45) is 0 Å². The molecule has 2 rings (SSSR count). The normalized spacial score (nSPS) is 10.0. The molecule has 0 aliphatic rings. The fraction of sp³-hybridized carbons (Fsp3) is 0.133. The van der Waals surface area contributed by atoms with Crippen LogP contribution in [0.3, 0.4) is 0 Å². The summed E-state index contributed by atoms with van der Waals surface area (Å²) in [6, 6.07) is 7.97. The lowest BCUT2D eigenvalue weighted by Crippen LogP contribution is -2.14. The van der Waals surface area contributed by atoms with Crippen LogP contribution in [0, 0.1) is 6.92 Å². The molecule has 0 fully saturated rings. The van der Waals surface area contributed by atoms with Gasteiger partial charge in [-0.05, 0) is 37.3 Å². The third-order valence-electron chi connectivity index (χ3n) is 2.92. The molecule has 21 heavy (non-hydrogen) atoms. The van der Waals surface area contributed by atoms with Crippen LogP contribution in [0.4, 0.5) is 11.4 Å². The van der Waals surface area contributed by atoms with Crippen LogP contribution in [-0.4, -0.2) is 24.0 Å². The number of amides is 1. The Hall–Kier alpha value is -2.89. The molecule has 0 aliphatic carbocycles. The maximum Gasteiger partial charge on any atom is 0.337 e. The average molecular weight is 285 g/mol. The summed E-state index contributed by atoms with van der Waals surface area (Å²) in [6.45, 7) is 1.73. The number of nitrogens with one attached hydrogen (secondary N) is 1. The molecular weight excluding hydrogens is 270 g/mol. The number of hydrogen-bond acceptors (Lipinski definition) is 5. The summed E-state index contributed by atoms with van der Waals surface area (Å²) >= 11 is 0. The Kier molecular flexibility index (Phi) is 4.18. The van der Waals surface area contributed by atoms with Gasteiger partial charge in [-0.25, -0.2) is 4.79 Å². The van der Waals surface area contributed by atoms with E-state index >= 15 is 0 Å². The van der Waals surface area contributed by atoms with E-state index in [4.69, 9.17) is 5.73 Å². The summed E-state index contributed by atoms with van der Waals surface area (Å²) in [4.78, 5) is 27.5. The predicted octanol–water partition coefficient (Wildman–Crippen LogP) is 2.01. The smallest absolute Gasteiger partial charge is 0.337 e. The maximum absolute atomic E-state index is 12.2. The zero-order chi connectivity index (χ0) is 15.4. The maximum atomic E-state index is 12.2. The number of hydrogen-bond donors (Lipinski definition) is 2. The number of ether oxygens (including phenoxy) is 1. The molecule has 0 atom stereocenters.